The first-order valence-corrected chi connectivity index (χ1v) is 9.67. The van der Waals surface area contributed by atoms with Crippen LogP contribution in [0.2, 0.25) is 0 Å². The molecule has 1 fully saturated rings. The van der Waals surface area contributed by atoms with Crippen LogP contribution in [0.4, 0.5) is 0 Å². The van der Waals surface area contributed by atoms with E-state index in [1.165, 1.54) is 6.26 Å². The fourth-order valence-electron chi connectivity index (χ4n) is 3.30. The third-order valence-electron chi connectivity index (χ3n) is 4.39. The van der Waals surface area contributed by atoms with E-state index in [0.717, 1.165) is 51.4 Å². The Hall–Kier alpha value is -0.960. The first kappa shape index (κ1) is 15.9. The molecule has 1 aromatic heterocycles. The van der Waals surface area contributed by atoms with Crippen LogP contribution in [0.15, 0.2) is 12.3 Å². The molecular weight excluding hydrogens is 304 g/mol. The van der Waals surface area contributed by atoms with E-state index in [1.54, 1.807) is 6.20 Å². The van der Waals surface area contributed by atoms with Gasteiger partial charge in [-0.25, -0.2) is 13.1 Å². The number of nitrogens with one attached hydrogen (secondary N) is 1. The van der Waals surface area contributed by atoms with Crippen molar-refractivity contribution in [2.45, 2.75) is 25.4 Å². The summed E-state index contributed by atoms with van der Waals surface area (Å²) in [6.45, 7) is 4.86. The molecule has 124 valence electrons. The number of hydrogen-bond acceptors (Lipinski definition) is 5. The number of aromatic nitrogens is 2. The molecule has 3 rings (SSSR count). The molecule has 0 spiro atoms. The Balaban J connectivity index is 1.65. The average Bonchev–Trinajstić information content (AvgIpc) is 2.93. The van der Waals surface area contributed by atoms with Crippen LogP contribution in [0.1, 0.15) is 24.6 Å². The topological polar surface area (TPSA) is 76.5 Å². The second kappa shape index (κ2) is 6.66. The fourth-order valence-corrected chi connectivity index (χ4v) is 3.79. The van der Waals surface area contributed by atoms with Crippen LogP contribution in [-0.2, 0) is 21.3 Å². The summed E-state index contributed by atoms with van der Waals surface area (Å²) in [5, 5.41) is 4.36. The summed E-state index contributed by atoms with van der Waals surface area (Å²) in [5.41, 5.74) is 1.15. The lowest BCUT2D eigenvalue weighted by atomic mass is 9.99. The van der Waals surface area contributed by atoms with Crippen LogP contribution in [0, 0.1) is 5.92 Å². The molecule has 2 aliphatic heterocycles. The van der Waals surface area contributed by atoms with Gasteiger partial charge in [0.2, 0.25) is 10.0 Å². The zero-order chi connectivity index (χ0) is 15.6. The van der Waals surface area contributed by atoms with Gasteiger partial charge in [-0.1, -0.05) is 0 Å². The molecule has 0 amide bonds. The molecule has 2 aliphatic rings. The first-order chi connectivity index (χ1) is 10.5. The van der Waals surface area contributed by atoms with E-state index in [9.17, 15) is 8.42 Å². The molecule has 1 atom stereocenters. The van der Waals surface area contributed by atoms with Gasteiger partial charge in [0.1, 0.15) is 0 Å². The summed E-state index contributed by atoms with van der Waals surface area (Å²) in [5.74, 6) is 0.673. The average molecular weight is 328 g/mol. The first-order valence-electron chi connectivity index (χ1n) is 7.78. The molecule has 0 unspecified atom stereocenters. The quantitative estimate of drug-likeness (QED) is 0.836. The molecule has 0 radical (unpaired) electrons. The van der Waals surface area contributed by atoms with E-state index in [0.29, 0.717) is 12.5 Å². The summed E-state index contributed by atoms with van der Waals surface area (Å²) >= 11 is 0. The maximum atomic E-state index is 11.4. The molecule has 3 heterocycles. The van der Waals surface area contributed by atoms with E-state index in [2.05, 4.69) is 14.7 Å². The van der Waals surface area contributed by atoms with Crippen LogP contribution in [-0.4, -0.2) is 62.2 Å². The zero-order valence-corrected chi connectivity index (χ0v) is 13.8. The van der Waals surface area contributed by atoms with Gasteiger partial charge in [-0.05, 0) is 24.8 Å². The van der Waals surface area contributed by atoms with Crippen molar-refractivity contribution in [1.29, 1.82) is 0 Å². The molecule has 1 aromatic rings. The predicted octanol–water partition coefficient (Wildman–Crippen LogP) is 0.216. The molecule has 0 saturated carbocycles. The highest BCUT2D eigenvalue weighted by Gasteiger charge is 2.28. The normalized spacial score (nSPS) is 24.3. The minimum atomic E-state index is -3.18. The van der Waals surface area contributed by atoms with Gasteiger partial charge in [0.05, 0.1) is 18.0 Å². The summed E-state index contributed by atoms with van der Waals surface area (Å²) in [6.07, 6.45) is 5.21. The molecule has 0 aliphatic carbocycles. The van der Waals surface area contributed by atoms with Gasteiger partial charge >= 0.3 is 0 Å². The fraction of sp³-hybridized carbons (Fsp3) is 0.786. The second-order valence-electron chi connectivity index (χ2n) is 6.29. The van der Waals surface area contributed by atoms with Gasteiger partial charge in [-0.15, -0.1) is 0 Å². The molecule has 8 heteroatoms. The van der Waals surface area contributed by atoms with E-state index in [4.69, 9.17) is 4.74 Å². The number of hydrogen-bond donors (Lipinski definition) is 1. The van der Waals surface area contributed by atoms with Crippen molar-refractivity contribution < 1.29 is 13.2 Å². The minimum Gasteiger partial charge on any atom is -0.381 e. The Morgan fingerprint density at radius 1 is 1.41 bits per heavy atom. The number of ether oxygens (including phenoxy) is 1. The van der Waals surface area contributed by atoms with Crippen molar-refractivity contribution in [3.05, 3.63) is 18.0 Å². The molecule has 7 nitrogen and oxygen atoms in total. The number of rotatable bonds is 5. The third-order valence-corrected chi connectivity index (χ3v) is 5.08. The van der Waals surface area contributed by atoms with Crippen molar-refractivity contribution >= 4 is 10.0 Å². The maximum Gasteiger partial charge on any atom is 0.208 e. The van der Waals surface area contributed by atoms with E-state index >= 15 is 0 Å². The Morgan fingerprint density at radius 2 is 2.18 bits per heavy atom. The Bertz CT molecular complexity index is 595. The van der Waals surface area contributed by atoms with E-state index in [-0.39, 0.29) is 6.04 Å². The maximum absolute atomic E-state index is 11.4. The number of nitrogens with zero attached hydrogens (tertiary/aromatic N) is 3. The number of sulfonamides is 1. The van der Waals surface area contributed by atoms with Crippen molar-refractivity contribution in [2.24, 2.45) is 5.92 Å². The minimum absolute atomic E-state index is 0.0494. The van der Waals surface area contributed by atoms with Gasteiger partial charge in [0.25, 0.3) is 0 Å². The summed E-state index contributed by atoms with van der Waals surface area (Å²) < 4.78 is 32.7. The largest absolute Gasteiger partial charge is 0.381 e. The monoisotopic (exact) mass is 328 g/mol. The summed E-state index contributed by atoms with van der Waals surface area (Å²) in [6, 6.07) is 2.07. The SMILES string of the molecule is CS(=O)(=O)NC[C@H]1CN(CC2CCOCC2)Cc2ccnn21. The van der Waals surface area contributed by atoms with Gasteiger partial charge in [-0.2, -0.15) is 5.10 Å². The number of fused-ring (bicyclic) bond motifs is 1. The smallest absolute Gasteiger partial charge is 0.208 e. The lowest BCUT2D eigenvalue weighted by molar-refractivity contribution is 0.0449. The van der Waals surface area contributed by atoms with Gasteiger partial charge in [0, 0.05) is 45.6 Å². The lowest BCUT2D eigenvalue weighted by Crippen LogP contribution is -2.44. The van der Waals surface area contributed by atoms with Crippen LogP contribution >= 0.6 is 0 Å². The van der Waals surface area contributed by atoms with Crippen molar-refractivity contribution in [2.75, 3.05) is 39.1 Å². The highest BCUT2D eigenvalue weighted by molar-refractivity contribution is 7.88. The molecule has 1 saturated heterocycles. The molecule has 0 bridgehead atoms. The van der Waals surface area contributed by atoms with Gasteiger partial charge in [0.15, 0.2) is 0 Å². The van der Waals surface area contributed by atoms with Crippen molar-refractivity contribution in [3.8, 4) is 0 Å². The van der Waals surface area contributed by atoms with Crippen molar-refractivity contribution in [3.63, 3.8) is 0 Å². The van der Waals surface area contributed by atoms with E-state index in [1.807, 2.05) is 10.7 Å². The Morgan fingerprint density at radius 3 is 2.91 bits per heavy atom. The summed E-state index contributed by atoms with van der Waals surface area (Å²) in [4.78, 5) is 2.42. The Labute approximate surface area is 131 Å². The third kappa shape index (κ3) is 4.07. The van der Waals surface area contributed by atoms with Crippen LogP contribution in [0.5, 0.6) is 0 Å². The predicted molar refractivity (Wildman–Crippen MR) is 82.9 cm³/mol. The molecule has 22 heavy (non-hydrogen) atoms. The molecule has 1 N–H and O–H groups in total. The van der Waals surface area contributed by atoms with Crippen LogP contribution in [0.25, 0.3) is 0 Å². The lowest BCUT2D eigenvalue weighted by Gasteiger charge is -2.36. The highest BCUT2D eigenvalue weighted by Crippen LogP contribution is 2.23. The van der Waals surface area contributed by atoms with Crippen molar-refractivity contribution in [1.82, 2.24) is 19.4 Å². The molecule has 0 aromatic carbocycles. The van der Waals surface area contributed by atoms with Gasteiger partial charge in [-0.3, -0.25) is 9.58 Å². The molecular formula is C14H24N4O3S. The zero-order valence-electron chi connectivity index (χ0n) is 12.9. The van der Waals surface area contributed by atoms with E-state index < -0.39 is 10.0 Å². The highest BCUT2D eigenvalue weighted by atomic mass is 32.2. The standard InChI is InChI=1S/C14H24N4O3S/c1-22(19,20)16-8-14-11-17(9-12-3-6-21-7-4-12)10-13-2-5-15-18(13)14/h2,5,12,14,16H,3-4,6-11H2,1H3/t14-/m0/s1. The summed E-state index contributed by atoms with van der Waals surface area (Å²) in [7, 11) is -3.18. The second-order valence-corrected chi connectivity index (χ2v) is 8.12. The van der Waals surface area contributed by atoms with Crippen LogP contribution in [0.3, 0.4) is 0 Å². The van der Waals surface area contributed by atoms with Gasteiger partial charge < -0.3 is 4.74 Å². The Kier molecular flexibility index (Phi) is 4.82. The van der Waals surface area contributed by atoms with Crippen LogP contribution < -0.4 is 4.72 Å².